The van der Waals surface area contributed by atoms with Crippen molar-refractivity contribution in [1.82, 2.24) is 5.32 Å². The molecule has 1 N–H and O–H groups in total. The Morgan fingerprint density at radius 2 is 1.82 bits per heavy atom. The molecular formula is C22H21Cl2N3O. The van der Waals surface area contributed by atoms with Crippen molar-refractivity contribution in [2.24, 2.45) is 5.92 Å². The summed E-state index contributed by atoms with van der Waals surface area (Å²) < 4.78 is 0. The molecule has 2 atom stereocenters. The molecule has 2 aromatic rings. The number of halogens is 2. The molecule has 2 aliphatic rings. The average molecular weight is 414 g/mol. The summed E-state index contributed by atoms with van der Waals surface area (Å²) in [5.74, 6) is 0.287. The number of hydrogen-bond donors (Lipinski definition) is 1. The molecule has 1 saturated heterocycles. The number of piperidine rings is 1. The second-order valence-electron chi connectivity index (χ2n) is 7.52. The average Bonchev–Trinajstić information content (AvgIpc) is 3.51. The molecule has 2 unspecified atom stereocenters. The van der Waals surface area contributed by atoms with Crippen molar-refractivity contribution < 1.29 is 4.79 Å². The van der Waals surface area contributed by atoms with Crippen molar-refractivity contribution in [3.05, 3.63) is 63.6 Å². The first-order valence-corrected chi connectivity index (χ1v) is 10.3. The summed E-state index contributed by atoms with van der Waals surface area (Å²) in [4.78, 5) is 14.9. The SMILES string of the molecule is N#Cc1ccc(N2CCC(NC(=O)C3CC3c3cccc(Cl)c3Cl)CC2)cc1. The normalized spacial score (nSPS) is 21.8. The number of nitriles is 1. The molecule has 1 aliphatic carbocycles. The van der Waals surface area contributed by atoms with Crippen molar-refractivity contribution in [3.8, 4) is 6.07 Å². The molecule has 2 aromatic carbocycles. The van der Waals surface area contributed by atoms with Crippen LogP contribution in [0, 0.1) is 17.2 Å². The van der Waals surface area contributed by atoms with Crippen LogP contribution in [0.2, 0.25) is 10.0 Å². The Morgan fingerprint density at radius 1 is 1.11 bits per heavy atom. The molecule has 1 amide bonds. The minimum atomic E-state index is -0.00692. The lowest BCUT2D eigenvalue weighted by Crippen LogP contribution is -2.45. The maximum Gasteiger partial charge on any atom is 0.223 e. The first-order chi connectivity index (χ1) is 13.6. The Labute approximate surface area is 175 Å². The zero-order valence-corrected chi connectivity index (χ0v) is 16.9. The van der Waals surface area contributed by atoms with E-state index < -0.39 is 0 Å². The molecule has 6 heteroatoms. The third-order valence-electron chi connectivity index (χ3n) is 5.71. The lowest BCUT2D eigenvalue weighted by molar-refractivity contribution is -0.123. The van der Waals surface area contributed by atoms with Gasteiger partial charge in [0.2, 0.25) is 5.91 Å². The highest BCUT2D eigenvalue weighted by molar-refractivity contribution is 6.42. The van der Waals surface area contributed by atoms with Crippen LogP contribution >= 0.6 is 23.2 Å². The minimum absolute atomic E-state index is 0.00692. The first kappa shape index (κ1) is 19.1. The van der Waals surface area contributed by atoms with Crippen LogP contribution in [-0.2, 0) is 4.79 Å². The fourth-order valence-corrected chi connectivity index (χ4v) is 4.42. The second kappa shape index (κ2) is 8.03. The summed E-state index contributed by atoms with van der Waals surface area (Å²) in [5, 5.41) is 13.2. The predicted molar refractivity (Wildman–Crippen MR) is 112 cm³/mol. The third-order valence-corrected chi connectivity index (χ3v) is 6.54. The maximum atomic E-state index is 12.6. The van der Waals surface area contributed by atoms with Gasteiger partial charge >= 0.3 is 0 Å². The Morgan fingerprint density at radius 3 is 2.50 bits per heavy atom. The van der Waals surface area contributed by atoms with E-state index in [1.165, 1.54) is 0 Å². The molecule has 1 saturated carbocycles. The van der Waals surface area contributed by atoms with Crippen LogP contribution in [0.4, 0.5) is 5.69 Å². The van der Waals surface area contributed by atoms with Crippen LogP contribution in [0.3, 0.4) is 0 Å². The fourth-order valence-electron chi connectivity index (χ4n) is 3.97. The van der Waals surface area contributed by atoms with Gasteiger partial charge in [0.25, 0.3) is 0 Å². The number of rotatable bonds is 4. The standard InChI is InChI=1S/C22H21Cl2N3O/c23-20-3-1-2-17(21(20)24)18-12-19(18)22(28)26-15-8-10-27(11-9-15)16-6-4-14(13-25)5-7-16/h1-7,15,18-19H,8-12H2,(H,26,28). The molecule has 1 heterocycles. The van der Waals surface area contributed by atoms with Gasteiger partial charge in [-0.3, -0.25) is 4.79 Å². The number of benzene rings is 2. The van der Waals surface area contributed by atoms with E-state index in [4.69, 9.17) is 28.5 Å². The zero-order chi connectivity index (χ0) is 19.7. The number of hydrogen-bond acceptors (Lipinski definition) is 3. The van der Waals surface area contributed by atoms with Crippen LogP contribution in [0.15, 0.2) is 42.5 Å². The number of anilines is 1. The smallest absolute Gasteiger partial charge is 0.223 e. The number of nitrogens with one attached hydrogen (secondary N) is 1. The van der Waals surface area contributed by atoms with Crippen molar-refractivity contribution in [3.63, 3.8) is 0 Å². The van der Waals surface area contributed by atoms with E-state index in [1.807, 2.05) is 36.4 Å². The second-order valence-corrected chi connectivity index (χ2v) is 8.31. The van der Waals surface area contributed by atoms with Gasteiger partial charge < -0.3 is 10.2 Å². The van der Waals surface area contributed by atoms with Crippen LogP contribution in [0.1, 0.15) is 36.3 Å². The van der Waals surface area contributed by atoms with Gasteiger partial charge in [0.15, 0.2) is 0 Å². The topological polar surface area (TPSA) is 56.1 Å². The molecular weight excluding hydrogens is 393 g/mol. The van der Waals surface area contributed by atoms with Crippen LogP contribution in [0.25, 0.3) is 0 Å². The number of carbonyl (C=O) groups is 1. The van der Waals surface area contributed by atoms with Crippen molar-refractivity contribution in [1.29, 1.82) is 5.26 Å². The van der Waals surface area contributed by atoms with E-state index >= 15 is 0 Å². The molecule has 0 spiro atoms. The summed E-state index contributed by atoms with van der Waals surface area (Å²) in [5.41, 5.74) is 2.77. The summed E-state index contributed by atoms with van der Waals surface area (Å²) in [6, 6.07) is 15.6. The highest BCUT2D eigenvalue weighted by atomic mass is 35.5. The van der Waals surface area contributed by atoms with E-state index in [9.17, 15) is 4.79 Å². The molecule has 0 bridgehead atoms. The molecule has 4 rings (SSSR count). The summed E-state index contributed by atoms with van der Waals surface area (Å²) in [6.07, 6.45) is 2.66. The van der Waals surface area contributed by atoms with E-state index in [0.717, 1.165) is 43.6 Å². The first-order valence-electron chi connectivity index (χ1n) is 9.56. The lowest BCUT2D eigenvalue weighted by Gasteiger charge is -2.34. The van der Waals surface area contributed by atoms with E-state index in [0.29, 0.717) is 15.6 Å². The van der Waals surface area contributed by atoms with Gasteiger partial charge in [-0.2, -0.15) is 5.26 Å². The number of nitrogens with zero attached hydrogens (tertiary/aromatic N) is 2. The maximum absolute atomic E-state index is 12.6. The highest BCUT2D eigenvalue weighted by Crippen LogP contribution is 2.50. The summed E-state index contributed by atoms with van der Waals surface area (Å²) >= 11 is 12.4. The molecule has 0 aromatic heterocycles. The van der Waals surface area contributed by atoms with Crippen LogP contribution in [0.5, 0.6) is 0 Å². The van der Waals surface area contributed by atoms with Crippen LogP contribution < -0.4 is 10.2 Å². The summed E-state index contributed by atoms with van der Waals surface area (Å²) in [7, 11) is 0. The van der Waals surface area contributed by atoms with Crippen molar-refractivity contribution in [2.75, 3.05) is 18.0 Å². The van der Waals surface area contributed by atoms with Crippen molar-refractivity contribution in [2.45, 2.75) is 31.2 Å². The van der Waals surface area contributed by atoms with E-state index in [-0.39, 0.29) is 23.8 Å². The Balaban J connectivity index is 1.29. The van der Waals surface area contributed by atoms with Gasteiger partial charge in [-0.15, -0.1) is 0 Å². The van der Waals surface area contributed by atoms with Gasteiger partial charge in [0.1, 0.15) is 0 Å². The number of carbonyl (C=O) groups excluding carboxylic acids is 1. The quantitative estimate of drug-likeness (QED) is 0.786. The van der Waals surface area contributed by atoms with E-state index in [1.54, 1.807) is 6.07 Å². The van der Waals surface area contributed by atoms with Gasteiger partial charge in [-0.05, 0) is 61.1 Å². The highest BCUT2D eigenvalue weighted by Gasteiger charge is 2.45. The molecule has 28 heavy (non-hydrogen) atoms. The largest absolute Gasteiger partial charge is 0.371 e. The van der Waals surface area contributed by atoms with Gasteiger partial charge in [-0.25, -0.2) is 0 Å². The Kier molecular flexibility index (Phi) is 5.48. The molecule has 144 valence electrons. The molecule has 2 fully saturated rings. The summed E-state index contributed by atoms with van der Waals surface area (Å²) in [6.45, 7) is 1.79. The monoisotopic (exact) mass is 413 g/mol. The Bertz CT molecular complexity index is 914. The molecule has 1 aliphatic heterocycles. The fraction of sp³-hybridized carbons (Fsp3) is 0.364. The van der Waals surface area contributed by atoms with E-state index in [2.05, 4.69) is 16.3 Å². The predicted octanol–water partition coefficient (Wildman–Crippen LogP) is 4.75. The van der Waals surface area contributed by atoms with Crippen LogP contribution in [-0.4, -0.2) is 25.0 Å². The number of amides is 1. The van der Waals surface area contributed by atoms with Crippen molar-refractivity contribution >= 4 is 34.8 Å². The molecule has 0 radical (unpaired) electrons. The van der Waals surface area contributed by atoms with Gasteiger partial charge in [-0.1, -0.05) is 35.3 Å². The zero-order valence-electron chi connectivity index (χ0n) is 15.4. The van der Waals surface area contributed by atoms with Gasteiger partial charge in [0, 0.05) is 30.7 Å². The minimum Gasteiger partial charge on any atom is -0.371 e. The Hall–Kier alpha value is -2.22. The molecule has 4 nitrogen and oxygen atoms in total. The third kappa shape index (κ3) is 3.97. The lowest BCUT2D eigenvalue weighted by atomic mass is 10.0. The van der Waals surface area contributed by atoms with Gasteiger partial charge in [0.05, 0.1) is 21.7 Å².